The highest BCUT2D eigenvalue weighted by Crippen LogP contribution is 2.39. The van der Waals surface area contributed by atoms with E-state index < -0.39 is 0 Å². The van der Waals surface area contributed by atoms with Crippen molar-refractivity contribution in [2.45, 2.75) is 12.8 Å². The van der Waals surface area contributed by atoms with E-state index in [4.69, 9.17) is 9.97 Å². The quantitative estimate of drug-likeness (QED) is 0.180. The van der Waals surface area contributed by atoms with Gasteiger partial charge in [0.15, 0.2) is 5.82 Å². The van der Waals surface area contributed by atoms with Crippen LogP contribution in [0.4, 0.5) is 0 Å². The zero-order chi connectivity index (χ0) is 35.6. The normalized spacial score (nSPS) is 12.6. The minimum Gasteiger partial charge on any atom is -0.313 e. The second-order valence-electron chi connectivity index (χ2n) is 14.1. The Bertz CT molecular complexity index is 3050. The predicted molar refractivity (Wildman–Crippen MR) is 224 cm³/mol. The Morgan fingerprint density at radius 1 is 0.444 bits per heavy atom. The van der Waals surface area contributed by atoms with Crippen molar-refractivity contribution >= 4 is 49.6 Å². The van der Waals surface area contributed by atoms with E-state index in [0.29, 0.717) is 5.82 Å². The number of benzene rings is 7. The van der Waals surface area contributed by atoms with E-state index in [1.54, 1.807) is 0 Å². The minimum atomic E-state index is 0.709. The predicted octanol–water partition coefficient (Wildman–Crippen LogP) is 12.6. The van der Waals surface area contributed by atoms with Gasteiger partial charge in [-0.2, -0.15) is 0 Å². The third-order valence-electron chi connectivity index (χ3n) is 11.0. The number of rotatable bonds is 5. The standard InChI is InChI=1S/C50H34N4/c1-2-16-34(17-3-1)44-32-45(52-50(51-44)43-24-14-18-33-15-4-5-19-38(33)43)35-29-36(53-46-25-10-6-20-39(46)40-21-7-11-26-47(40)53)31-37(30-35)54-48-27-12-8-22-41(48)42-23-9-13-28-49(42)54/h1-12,14-27,29-32H,13,28H2. The molecule has 254 valence electrons. The number of nitrogens with zero attached hydrogens (tertiary/aromatic N) is 4. The first-order chi connectivity index (χ1) is 26.8. The van der Waals surface area contributed by atoms with Gasteiger partial charge in [-0.1, -0.05) is 140 Å². The van der Waals surface area contributed by atoms with Crippen LogP contribution in [-0.2, 0) is 6.42 Å². The molecule has 0 spiro atoms. The lowest BCUT2D eigenvalue weighted by Crippen LogP contribution is -2.05. The maximum atomic E-state index is 5.43. The van der Waals surface area contributed by atoms with Gasteiger partial charge in [-0.15, -0.1) is 0 Å². The van der Waals surface area contributed by atoms with Crippen molar-refractivity contribution < 1.29 is 0 Å². The van der Waals surface area contributed by atoms with Crippen molar-refractivity contribution in [1.82, 2.24) is 19.1 Å². The van der Waals surface area contributed by atoms with Crippen LogP contribution in [0.1, 0.15) is 17.7 Å². The second-order valence-corrected chi connectivity index (χ2v) is 14.1. The van der Waals surface area contributed by atoms with Crippen LogP contribution < -0.4 is 0 Å². The zero-order valence-corrected chi connectivity index (χ0v) is 29.5. The lowest BCUT2D eigenvalue weighted by Gasteiger charge is -2.18. The van der Waals surface area contributed by atoms with Crippen LogP contribution in [0.25, 0.3) is 94.8 Å². The molecule has 11 rings (SSSR count). The first-order valence-corrected chi connectivity index (χ1v) is 18.6. The van der Waals surface area contributed by atoms with Crippen LogP contribution in [0.5, 0.6) is 0 Å². The van der Waals surface area contributed by atoms with Crippen LogP contribution in [0, 0.1) is 0 Å². The molecule has 0 saturated heterocycles. The van der Waals surface area contributed by atoms with Crippen molar-refractivity contribution in [3.05, 3.63) is 187 Å². The monoisotopic (exact) mass is 690 g/mol. The van der Waals surface area contributed by atoms with E-state index in [1.807, 2.05) is 0 Å². The van der Waals surface area contributed by atoms with Gasteiger partial charge in [0, 0.05) is 55.5 Å². The molecule has 4 nitrogen and oxygen atoms in total. The molecule has 0 fully saturated rings. The van der Waals surface area contributed by atoms with Gasteiger partial charge in [0.25, 0.3) is 0 Å². The summed E-state index contributed by atoms with van der Waals surface area (Å²) in [6.07, 6.45) is 6.61. The molecule has 0 N–H and O–H groups in total. The topological polar surface area (TPSA) is 35.6 Å². The SMILES string of the molecule is C1=Cc2c(n(-c3cc(-c4cc(-c5ccccc5)nc(-c5cccc6ccccc56)n4)cc(-n4c5ccccc5c5ccccc54)c3)c3ccccc23)CC1. The van der Waals surface area contributed by atoms with E-state index in [-0.39, 0.29) is 0 Å². The van der Waals surface area contributed by atoms with E-state index in [1.165, 1.54) is 49.4 Å². The summed E-state index contributed by atoms with van der Waals surface area (Å²) < 4.78 is 4.90. The molecular weight excluding hydrogens is 657 g/mol. The summed E-state index contributed by atoms with van der Waals surface area (Å²) in [7, 11) is 0. The molecule has 3 heterocycles. The second kappa shape index (κ2) is 12.3. The van der Waals surface area contributed by atoms with Crippen molar-refractivity contribution in [2.24, 2.45) is 0 Å². The fraction of sp³-hybridized carbons (Fsp3) is 0.0400. The number of para-hydroxylation sites is 3. The molecule has 0 atom stereocenters. The third kappa shape index (κ3) is 4.84. The summed E-state index contributed by atoms with van der Waals surface area (Å²) in [6.45, 7) is 0. The molecule has 10 aromatic rings. The van der Waals surface area contributed by atoms with Gasteiger partial charge < -0.3 is 9.13 Å². The van der Waals surface area contributed by atoms with Crippen molar-refractivity contribution in [2.75, 3.05) is 0 Å². The Balaban J connectivity index is 1.24. The largest absolute Gasteiger partial charge is 0.313 e. The van der Waals surface area contributed by atoms with Gasteiger partial charge in [0.2, 0.25) is 0 Å². The molecule has 0 radical (unpaired) electrons. The number of fused-ring (bicyclic) bond motifs is 7. The van der Waals surface area contributed by atoms with Gasteiger partial charge in [0.1, 0.15) is 0 Å². The first-order valence-electron chi connectivity index (χ1n) is 18.6. The maximum absolute atomic E-state index is 5.43. The molecule has 1 aliphatic carbocycles. The maximum Gasteiger partial charge on any atom is 0.161 e. The van der Waals surface area contributed by atoms with Gasteiger partial charge in [-0.3, -0.25) is 0 Å². The van der Waals surface area contributed by atoms with Crippen molar-refractivity contribution in [3.8, 4) is 45.3 Å². The highest BCUT2D eigenvalue weighted by atomic mass is 15.0. The zero-order valence-electron chi connectivity index (χ0n) is 29.5. The van der Waals surface area contributed by atoms with E-state index in [0.717, 1.165) is 57.7 Å². The Morgan fingerprint density at radius 2 is 1.02 bits per heavy atom. The molecular formula is C50H34N4. The summed E-state index contributed by atoms with van der Waals surface area (Å²) in [5.41, 5.74) is 13.3. The van der Waals surface area contributed by atoms with Crippen molar-refractivity contribution in [1.29, 1.82) is 0 Å². The van der Waals surface area contributed by atoms with Crippen molar-refractivity contribution in [3.63, 3.8) is 0 Å². The van der Waals surface area contributed by atoms with Gasteiger partial charge in [-0.05, 0) is 66.1 Å². The Kier molecular flexibility index (Phi) is 6.96. The lowest BCUT2D eigenvalue weighted by atomic mass is 10.0. The molecule has 0 amide bonds. The van der Waals surface area contributed by atoms with E-state index >= 15 is 0 Å². The summed E-state index contributed by atoms with van der Waals surface area (Å²) >= 11 is 0. The molecule has 0 aliphatic heterocycles. The molecule has 0 saturated carbocycles. The minimum absolute atomic E-state index is 0.709. The summed E-state index contributed by atoms with van der Waals surface area (Å²) in [5.74, 6) is 0.709. The van der Waals surface area contributed by atoms with E-state index in [2.05, 4.69) is 191 Å². The Hall–Kier alpha value is -7.04. The fourth-order valence-electron chi connectivity index (χ4n) is 8.56. The number of allylic oxidation sites excluding steroid dienone is 1. The summed E-state index contributed by atoms with van der Waals surface area (Å²) in [6, 6.07) is 60.8. The summed E-state index contributed by atoms with van der Waals surface area (Å²) in [4.78, 5) is 10.7. The molecule has 0 bridgehead atoms. The highest BCUT2D eigenvalue weighted by molar-refractivity contribution is 6.09. The molecule has 54 heavy (non-hydrogen) atoms. The fourth-order valence-corrected chi connectivity index (χ4v) is 8.56. The Labute approximate surface area is 312 Å². The molecule has 0 unspecified atom stereocenters. The van der Waals surface area contributed by atoms with Crippen LogP contribution >= 0.6 is 0 Å². The van der Waals surface area contributed by atoms with E-state index in [9.17, 15) is 0 Å². The highest BCUT2D eigenvalue weighted by Gasteiger charge is 2.22. The third-order valence-corrected chi connectivity index (χ3v) is 11.0. The average molecular weight is 691 g/mol. The van der Waals surface area contributed by atoms with Gasteiger partial charge in [-0.25, -0.2) is 9.97 Å². The number of hydrogen-bond donors (Lipinski definition) is 0. The number of hydrogen-bond acceptors (Lipinski definition) is 2. The van der Waals surface area contributed by atoms with Crippen LogP contribution in [0.2, 0.25) is 0 Å². The van der Waals surface area contributed by atoms with Crippen LogP contribution in [-0.4, -0.2) is 19.1 Å². The van der Waals surface area contributed by atoms with Gasteiger partial charge in [0.05, 0.1) is 27.9 Å². The van der Waals surface area contributed by atoms with Crippen LogP contribution in [0.15, 0.2) is 176 Å². The average Bonchev–Trinajstić information content (AvgIpc) is 3.77. The molecule has 7 aromatic carbocycles. The van der Waals surface area contributed by atoms with Crippen LogP contribution in [0.3, 0.4) is 0 Å². The molecule has 1 aliphatic rings. The number of aromatic nitrogens is 4. The first kappa shape index (κ1) is 30.6. The summed E-state index contributed by atoms with van der Waals surface area (Å²) in [5, 5.41) is 6.05. The molecule has 4 heteroatoms. The lowest BCUT2D eigenvalue weighted by molar-refractivity contribution is 0.888. The smallest absolute Gasteiger partial charge is 0.161 e. The van der Waals surface area contributed by atoms with Gasteiger partial charge >= 0.3 is 0 Å². The molecule has 3 aromatic heterocycles. The Morgan fingerprint density at radius 3 is 1.76 bits per heavy atom.